The van der Waals surface area contributed by atoms with Gasteiger partial charge in [0.25, 0.3) is 11.6 Å². The Labute approximate surface area is 160 Å². The Kier molecular flexibility index (Phi) is 5.01. The van der Waals surface area contributed by atoms with Gasteiger partial charge in [0.2, 0.25) is 5.88 Å². The van der Waals surface area contributed by atoms with Gasteiger partial charge in [-0.1, -0.05) is 35.5 Å². The summed E-state index contributed by atoms with van der Waals surface area (Å²) >= 11 is 0. The Bertz CT molecular complexity index is 1070. The molecule has 0 aliphatic carbocycles. The van der Waals surface area contributed by atoms with Crippen LogP contribution >= 0.6 is 0 Å². The van der Waals surface area contributed by atoms with Crippen molar-refractivity contribution in [3.05, 3.63) is 60.3 Å². The molecule has 0 saturated carbocycles. The van der Waals surface area contributed by atoms with Crippen LogP contribution in [0.3, 0.4) is 0 Å². The first-order chi connectivity index (χ1) is 13.7. The van der Waals surface area contributed by atoms with Crippen LogP contribution in [0.15, 0.2) is 57.7 Å². The van der Waals surface area contributed by atoms with Crippen LogP contribution in [-0.4, -0.2) is 34.2 Å². The fourth-order valence-electron chi connectivity index (χ4n) is 2.79. The summed E-state index contributed by atoms with van der Waals surface area (Å²) in [4.78, 5) is 20.7. The van der Waals surface area contributed by atoms with Crippen molar-refractivity contribution in [2.45, 2.75) is 13.3 Å². The van der Waals surface area contributed by atoms with Gasteiger partial charge in [-0.05, 0) is 19.1 Å². The Morgan fingerprint density at radius 2 is 2.00 bits per heavy atom. The highest BCUT2D eigenvalue weighted by Crippen LogP contribution is 2.32. The van der Waals surface area contributed by atoms with Gasteiger partial charge < -0.3 is 19.0 Å². The number of rotatable bonds is 7. The molecule has 1 aromatic carbocycles. The van der Waals surface area contributed by atoms with Crippen LogP contribution in [0.4, 0.5) is 0 Å². The molecule has 4 rings (SSSR count). The molecule has 0 fully saturated rings. The van der Waals surface area contributed by atoms with E-state index >= 15 is 0 Å². The number of aromatic nitrogens is 3. The Hall–Kier alpha value is -3.68. The van der Waals surface area contributed by atoms with Crippen molar-refractivity contribution >= 4 is 17.0 Å². The van der Waals surface area contributed by atoms with E-state index in [-0.39, 0.29) is 18.4 Å². The molecule has 4 aromatic rings. The summed E-state index contributed by atoms with van der Waals surface area (Å²) in [6.07, 6.45) is 2.21. The maximum Gasteiger partial charge on any atom is 0.265 e. The third kappa shape index (κ3) is 3.85. The van der Waals surface area contributed by atoms with Gasteiger partial charge >= 0.3 is 0 Å². The van der Waals surface area contributed by atoms with E-state index in [0.717, 1.165) is 11.3 Å². The van der Waals surface area contributed by atoms with Crippen LogP contribution in [0.2, 0.25) is 0 Å². The van der Waals surface area contributed by atoms with Gasteiger partial charge in [0.15, 0.2) is 6.61 Å². The minimum Gasteiger partial charge on any atom is -0.469 e. The molecule has 0 unspecified atom stereocenters. The van der Waals surface area contributed by atoms with Gasteiger partial charge in [-0.3, -0.25) is 4.79 Å². The van der Waals surface area contributed by atoms with E-state index < -0.39 is 0 Å². The number of amides is 1. The number of nitrogens with zero attached hydrogens (tertiary/aromatic N) is 3. The number of fused-ring (bicyclic) bond motifs is 1. The zero-order valence-electron chi connectivity index (χ0n) is 15.2. The van der Waals surface area contributed by atoms with Crippen LogP contribution in [0.1, 0.15) is 11.6 Å². The number of furan rings is 1. The molecule has 0 aliphatic heterocycles. The molecular weight excluding hydrogens is 360 g/mol. The van der Waals surface area contributed by atoms with Gasteiger partial charge in [-0.25, -0.2) is 0 Å². The van der Waals surface area contributed by atoms with Crippen LogP contribution in [0, 0.1) is 6.92 Å². The summed E-state index contributed by atoms with van der Waals surface area (Å²) in [5, 5.41) is 7.43. The van der Waals surface area contributed by atoms with Crippen LogP contribution < -0.4 is 10.1 Å². The van der Waals surface area contributed by atoms with Gasteiger partial charge in [-0.2, -0.15) is 9.97 Å². The zero-order chi connectivity index (χ0) is 19.3. The molecule has 0 atom stereocenters. The van der Waals surface area contributed by atoms with Crippen molar-refractivity contribution < 1.29 is 18.5 Å². The van der Waals surface area contributed by atoms with E-state index in [4.69, 9.17) is 13.7 Å². The number of nitrogens with one attached hydrogen (secondary N) is 1. The van der Waals surface area contributed by atoms with Gasteiger partial charge in [-0.15, -0.1) is 0 Å². The normalized spacial score (nSPS) is 10.9. The number of hydrogen-bond acceptors (Lipinski definition) is 7. The largest absolute Gasteiger partial charge is 0.469 e. The number of benzene rings is 1. The second-order valence-corrected chi connectivity index (χ2v) is 6.12. The number of ether oxygens (including phenoxy) is 1. The monoisotopic (exact) mass is 378 g/mol. The fourth-order valence-corrected chi connectivity index (χ4v) is 2.79. The van der Waals surface area contributed by atoms with Crippen molar-refractivity contribution in [3.8, 4) is 17.1 Å². The number of aryl methyl sites for hydroxylation is 1. The molecular formula is C20H18N4O4. The van der Waals surface area contributed by atoms with Crippen molar-refractivity contribution in [2.75, 3.05) is 13.2 Å². The lowest BCUT2D eigenvalue weighted by Gasteiger charge is -2.08. The second-order valence-electron chi connectivity index (χ2n) is 6.12. The predicted molar refractivity (Wildman–Crippen MR) is 101 cm³/mol. The highest BCUT2D eigenvalue weighted by atomic mass is 16.5. The summed E-state index contributed by atoms with van der Waals surface area (Å²) in [6, 6.07) is 13.2. The van der Waals surface area contributed by atoms with Crippen molar-refractivity contribution in [3.63, 3.8) is 0 Å². The molecule has 0 bridgehead atoms. The first-order valence-electron chi connectivity index (χ1n) is 8.82. The number of hydrogen-bond donors (Lipinski definition) is 1. The molecule has 0 saturated heterocycles. The third-order valence-electron chi connectivity index (χ3n) is 4.08. The standard InChI is InChI=1S/C20H18N4O4/c1-13-22-19(27-12-16(25)21-10-9-15-8-5-11-26-15)17-18(24-28-20(17)23-13)14-6-3-2-4-7-14/h2-8,11H,9-10,12H2,1H3,(H,21,25). The Balaban J connectivity index is 1.48. The van der Waals surface area contributed by atoms with Crippen LogP contribution in [0.5, 0.6) is 5.88 Å². The number of carbonyl (C=O) groups is 1. The minimum atomic E-state index is -0.256. The summed E-state index contributed by atoms with van der Waals surface area (Å²) in [5.41, 5.74) is 1.74. The maximum atomic E-state index is 12.1. The Morgan fingerprint density at radius 1 is 1.14 bits per heavy atom. The Morgan fingerprint density at radius 3 is 2.79 bits per heavy atom. The average molecular weight is 378 g/mol. The first kappa shape index (κ1) is 17.7. The van der Waals surface area contributed by atoms with Gasteiger partial charge in [0.1, 0.15) is 22.7 Å². The summed E-state index contributed by atoms with van der Waals surface area (Å²) < 4.78 is 16.3. The lowest BCUT2D eigenvalue weighted by molar-refractivity contribution is -0.123. The number of carbonyl (C=O) groups excluding carboxylic acids is 1. The lowest BCUT2D eigenvalue weighted by Crippen LogP contribution is -2.30. The average Bonchev–Trinajstić information content (AvgIpc) is 3.36. The minimum absolute atomic E-state index is 0.177. The van der Waals surface area contributed by atoms with Crippen LogP contribution in [0.25, 0.3) is 22.4 Å². The van der Waals surface area contributed by atoms with E-state index in [1.54, 1.807) is 13.2 Å². The predicted octanol–water partition coefficient (Wildman–Crippen LogP) is 2.92. The molecule has 1 N–H and O–H groups in total. The van der Waals surface area contributed by atoms with E-state index in [0.29, 0.717) is 35.6 Å². The van der Waals surface area contributed by atoms with E-state index in [1.165, 1.54) is 0 Å². The highest BCUT2D eigenvalue weighted by Gasteiger charge is 2.19. The van der Waals surface area contributed by atoms with E-state index in [1.807, 2.05) is 42.5 Å². The molecule has 142 valence electrons. The van der Waals surface area contributed by atoms with E-state index in [2.05, 4.69) is 20.4 Å². The topological polar surface area (TPSA) is 103 Å². The summed E-state index contributed by atoms with van der Waals surface area (Å²) in [7, 11) is 0. The molecule has 8 heteroatoms. The maximum absolute atomic E-state index is 12.1. The second kappa shape index (κ2) is 7.91. The molecule has 1 amide bonds. The molecule has 0 spiro atoms. The molecule has 3 heterocycles. The SMILES string of the molecule is Cc1nc(OCC(=O)NCCc2ccco2)c2c(-c3ccccc3)noc2n1. The van der Waals surface area contributed by atoms with Crippen molar-refractivity contribution in [1.82, 2.24) is 20.4 Å². The summed E-state index contributed by atoms with van der Waals surface area (Å²) in [6.45, 7) is 2.00. The molecule has 0 radical (unpaired) electrons. The van der Waals surface area contributed by atoms with Gasteiger partial charge in [0.05, 0.1) is 6.26 Å². The van der Waals surface area contributed by atoms with Gasteiger partial charge in [0, 0.05) is 18.5 Å². The van der Waals surface area contributed by atoms with Crippen molar-refractivity contribution in [1.29, 1.82) is 0 Å². The third-order valence-corrected chi connectivity index (χ3v) is 4.08. The quantitative estimate of drug-likeness (QED) is 0.527. The van der Waals surface area contributed by atoms with Crippen LogP contribution in [-0.2, 0) is 11.2 Å². The molecule has 8 nitrogen and oxygen atoms in total. The lowest BCUT2D eigenvalue weighted by atomic mass is 10.1. The molecule has 0 aliphatic rings. The highest BCUT2D eigenvalue weighted by molar-refractivity contribution is 5.93. The first-order valence-corrected chi connectivity index (χ1v) is 8.82. The molecule has 3 aromatic heterocycles. The molecule has 28 heavy (non-hydrogen) atoms. The smallest absolute Gasteiger partial charge is 0.265 e. The van der Waals surface area contributed by atoms with Crippen molar-refractivity contribution in [2.24, 2.45) is 0 Å². The fraction of sp³-hybridized carbons (Fsp3) is 0.200. The summed E-state index contributed by atoms with van der Waals surface area (Å²) in [5.74, 6) is 1.29. The van der Waals surface area contributed by atoms with E-state index in [9.17, 15) is 4.79 Å². The zero-order valence-corrected chi connectivity index (χ0v) is 15.2.